The zero-order valence-corrected chi connectivity index (χ0v) is 11.3. The Morgan fingerprint density at radius 1 is 1.44 bits per heavy atom. The number of nitrogens with zero attached hydrogens (tertiary/aromatic N) is 2. The summed E-state index contributed by atoms with van der Waals surface area (Å²) in [6.07, 6.45) is 1.05. The topological polar surface area (TPSA) is 35.6 Å². The number of carbonyl (C=O) groups is 1. The lowest BCUT2D eigenvalue weighted by Crippen LogP contribution is -2.45. The summed E-state index contributed by atoms with van der Waals surface area (Å²) in [5.74, 6) is 2.10. The van der Waals surface area contributed by atoms with Crippen LogP contribution in [-0.2, 0) is 4.79 Å². The first-order valence-corrected chi connectivity index (χ1v) is 7.05. The molecule has 1 heterocycles. The van der Waals surface area contributed by atoms with Gasteiger partial charge in [0.25, 0.3) is 0 Å². The maximum Gasteiger partial charge on any atom is 0.240 e. The van der Waals surface area contributed by atoms with Gasteiger partial charge in [0.2, 0.25) is 5.91 Å². The van der Waals surface area contributed by atoms with Crippen molar-refractivity contribution in [2.24, 2.45) is 0 Å². The van der Waals surface area contributed by atoms with E-state index in [0.29, 0.717) is 0 Å². The van der Waals surface area contributed by atoms with Gasteiger partial charge in [-0.15, -0.1) is 11.8 Å². The second-order valence-corrected chi connectivity index (χ2v) is 5.38. The Bertz CT molecular complexity index is 217. The summed E-state index contributed by atoms with van der Waals surface area (Å²) in [6, 6.07) is 0.0457. The summed E-state index contributed by atoms with van der Waals surface area (Å²) in [4.78, 5) is 16.2. The van der Waals surface area contributed by atoms with Crippen molar-refractivity contribution in [3.8, 4) is 0 Å². The largest absolute Gasteiger partial charge is 0.342 e. The minimum absolute atomic E-state index is 0.0457. The van der Waals surface area contributed by atoms with Gasteiger partial charge >= 0.3 is 0 Å². The molecule has 16 heavy (non-hydrogen) atoms. The first-order chi connectivity index (χ1) is 7.65. The highest BCUT2D eigenvalue weighted by molar-refractivity contribution is 7.99. The van der Waals surface area contributed by atoms with Crippen LogP contribution in [0.15, 0.2) is 0 Å². The van der Waals surface area contributed by atoms with Crippen LogP contribution in [0.5, 0.6) is 0 Å². The van der Waals surface area contributed by atoms with Gasteiger partial charge < -0.3 is 9.80 Å². The fourth-order valence-electron chi connectivity index (χ4n) is 1.78. The van der Waals surface area contributed by atoms with E-state index in [4.69, 9.17) is 0 Å². The fourth-order valence-corrected chi connectivity index (χ4v) is 2.71. The van der Waals surface area contributed by atoms with Crippen molar-refractivity contribution >= 4 is 17.7 Å². The standard InChI is InChI=1S/C11H23N3OS/c1-4-14(7-5-6-13(2)3)11(15)10-8-16-9-12-10/h10,12H,4-9H2,1-3H3. The summed E-state index contributed by atoms with van der Waals surface area (Å²) >= 11 is 1.80. The quantitative estimate of drug-likeness (QED) is 0.737. The molecule has 0 aromatic carbocycles. The molecule has 1 aliphatic rings. The zero-order valence-electron chi connectivity index (χ0n) is 10.5. The Kier molecular flexibility index (Phi) is 6.16. The van der Waals surface area contributed by atoms with E-state index >= 15 is 0 Å². The second kappa shape index (κ2) is 7.14. The number of amides is 1. The van der Waals surface area contributed by atoms with E-state index in [0.717, 1.165) is 37.7 Å². The highest BCUT2D eigenvalue weighted by Gasteiger charge is 2.26. The minimum atomic E-state index is 0.0457. The molecule has 1 rings (SSSR count). The smallest absolute Gasteiger partial charge is 0.240 e. The number of nitrogens with one attached hydrogen (secondary N) is 1. The van der Waals surface area contributed by atoms with Crippen molar-refractivity contribution in [3.63, 3.8) is 0 Å². The molecule has 0 aromatic rings. The predicted octanol–water partition coefficient (Wildman–Crippen LogP) is 0.449. The first-order valence-electron chi connectivity index (χ1n) is 5.89. The molecule has 4 nitrogen and oxygen atoms in total. The van der Waals surface area contributed by atoms with Crippen LogP contribution in [0.3, 0.4) is 0 Å². The molecule has 0 aromatic heterocycles. The monoisotopic (exact) mass is 245 g/mol. The highest BCUT2D eigenvalue weighted by atomic mass is 32.2. The third-order valence-electron chi connectivity index (χ3n) is 2.74. The van der Waals surface area contributed by atoms with Crippen LogP contribution < -0.4 is 5.32 Å². The van der Waals surface area contributed by atoms with Gasteiger partial charge in [-0.25, -0.2) is 0 Å². The molecule has 1 atom stereocenters. The van der Waals surface area contributed by atoms with Gasteiger partial charge in [-0.3, -0.25) is 10.1 Å². The van der Waals surface area contributed by atoms with E-state index in [1.807, 2.05) is 4.90 Å². The van der Waals surface area contributed by atoms with Gasteiger partial charge in [0.1, 0.15) is 0 Å². The molecule has 0 saturated carbocycles. The Balaban J connectivity index is 2.31. The number of rotatable bonds is 6. The lowest BCUT2D eigenvalue weighted by atomic mass is 10.2. The van der Waals surface area contributed by atoms with Gasteiger partial charge in [0.05, 0.1) is 6.04 Å². The molecule has 0 radical (unpaired) electrons. The molecule has 0 aliphatic carbocycles. The SMILES string of the molecule is CCN(CCCN(C)C)C(=O)C1CSCN1. The van der Waals surface area contributed by atoms with E-state index in [2.05, 4.69) is 31.2 Å². The maximum atomic E-state index is 12.1. The van der Waals surface area contributed by atoms with Crippen molar-refractivity contribution in [2.45, 2.75) is 19.4 Å². The highest BCUT2D eigenvalue weighted by Crippen LogP contribution is 2.12. The van der Waals surface area contributed by atoms with Crippen molar-refractivity contribution in [3.05, 3.63) is 0 Å². The van der Waals surface area contributed by atoms with E-state index in [-0.39, 0.29) is 11.9 Å². The van der Waals surface area contributed by atoms with E-state index < -0.39 is 0 Å². The number of likely N-dealkylation sites (N-methyl/N-ethyl adjacent to an activating group) is 1. The van der Waals surface area contributed by atoms with Crippen molar-refractivity contribution in [2.75, 3.05) is 45.4 Å². The molecule has 1 aliphatic heterocycles. The molecule has 5 heteroatoms. The molecule has 1 saturated heterocycles. The minimum Gasteiger partial charge on any atom is -0.342 e. The van der Waals surface area contributed by atoms with Crippen molar-refractivity contribution in [1.82, 2.24) is 15.1 Å². The molecule has 1 fully saturated rings. The second-order valence-electron chi connectivity index (χ2n) is 4.35. The number of hydrogen-bond donors (Lipinski definition) is 1. The molecular formula is C11H23N3OS. The summed E-state index contributed by atoms with van der Waals surface area (Å²) in [6.45, 7) is 4.78. The Labute approximate surface area is 103 Å². The summed E-state index contributed by atoms with van der Waals surface area (Å²) in [7, 11) is 4.13. The van der Waals surface area contributed by atoms with E-state index in [9.17, 15) is 4.79 Å². The van der Waals surface area contributed by atoms with Crippen LogP contribution in [0.2, 0.25) is 0 Å². The molecule has 0 spiro atoms. The van der Waals surface area contributed by atoms with Crippen LogP contribution in [0, 0.1) is 0 Å². The molecular weight excluding hydrogens is 222 g/mol. The summed E-state index contributed by atoms with van der Waals surface area (Å²) in [5.41, 5.74) is 0. The maximum absolute atomic E-state index is 12.1. The normalized spacial score (nSPS) is 20.4. The molecule has 1 N–H and O–H groups in total. The molecule has 1 amide bonds. The number of thioether (sulfide) groups is 1. The van der Waals surface area contributed by atoms with Crippen LogP contribution in [0.4, 0.5) is 0 Å². The zero-order chi connectivity index (χ0) is 12.0. The fraction of sp³-hybridized carbons (Fsp3) is 0.909. The first kappa shape index (κ1) is 13.8. The Morgan fingerprint density at radius 3 is 2.69 bits per heavy atom. The lowest BCUT2D eigenvalue weighted by Gasteiger charge is -2.24. The number of hydrogen-bond acceptors (Lipinski definition) is 4. The van der Waals surface area contributed by atoms with Crippen LogP contribution in [0.1, 0.15) is 13.3 Å². The molecule has 0 bridgehead atoms. The van der Waals surface area contributed by atoms with Crippen LogP contribution in [-0.4, -0.2) is 67.1 Å². The third-order valence-corrected chi connectivity index (χ3v) is 3.68. The van der Waals surface area contributed by atoms with Crippen molar-refractivity contribution in [1.29, 1.82) is 0 Å². The number of carbonyl (C=O) groups excluding carboxylic acids is 1. The van der Waals surface area contributed by atoms with E-state index in [1.165, 1.54) is 0 Å². The van der Waals surface area contributed by atoms with Crippen molar-refractivity contribution < 1.29 is 4.79 Å². The van der Waals surface area contributed by atoms with Crippen LogP contribution >= 0.6 is 11.8 Å². The average Bonchev–Trinajstić information content (AvgIpc) is 2.76. The Hall–Kier alpha value is -0.260. The molecule has 94 valence electrons. The predicted molar refractivity (Wildman–Crippen MR) is 69.7 cm³/mol. The van der Waals surface area contributed by atoms with Crippen LogP contribution in [0.25, 0.3) is 0 Å². The van der Waals surface area contributed by atoms with Gasteiger partial charge in [-0.1, -0.05) is 0 Å². The van der Waals surface area contributed by atoms with Gasteiger partial charge in [0, 0.05) is 24.7 Å². The van der Waals surface area contributed by atoms with E-state index in [1.54, 1.807) is 11.8 Å². The Morgan fingerprint density at radius 2 is 2.19 bits per heavy atom. The lowest BCUT2D eigenvalue weighted by molar-refractivity contribution is -0.132. The third kappa shape index (κ3) is 4.31. The van der Waals surface area contributed by atoms with Gasteiger partial charge in [-0.05, 0) is 34.0 Å². The average molecular weight is 245 g/mol. The molecule has 1 unspecified atom stereocenters. The van der Waals surface area contributed by atoms with Gasteiger partial charge in [-0.2, -0.15) is 0 Å². The van der Waals surface area contributed by atoms with Gasteiger partial charge in [0.15, 0.2) is 0 Å². The summed E-state index contributed by atoms with van der Waals surface area (Å²) < 4.78 is 0. The summed E-state index contributed by atoms with van der Waals surface area (Å²) in [5, 5.41) is 3.23.